The van der Waals surface area contributed by atoms with Crippen LogP contribution in [0.15, 0.2) is 133 Å². The van der Waals surface area contributed by atoms with Crippen LogP contribution in [-0.2, 0) is 21.7 Å². The van der Waals surface area contributed by atoms with Crippen molar-refractivity contribution in [3.05, 3.63) is 161 Å². The molecule has 10 rings (SSSR count). The van der Waals surface area contributed by atoms with Crippen molar-refractivity contribution in [3.8, 4) is 23.1 Å². The van der Waals surface area contributed by atoms with E-state index in [0.29, 0.717) is 5.56 Å². The molecule has 4 nitrogen and oxygen atoms in total. The van der Waals surface area contributed by atoms with Gasteiger partial charge in [0, 0.05) is 38.0 Å². The van der Waals surface area contributed by atoms with Crippen LogP contribution < -0.4 is 0 Å². The standard InChI is InChI=1S/C59H58N4/c1-56(2,3)37-22-26-48-43(31-37)44-32-38(57(4,5)6)23-27-49(44)62(48)52-30-36(35-60)54(53-42-20-16-17-21-47(42)61(55(52)53)41-18-14-13-15-19-41)63-50-28-24-39(58(7,8)9)33-45(50)46-34-40(59(10,11)12)25-29-51(46)63/h13-34H,1-12H3. The van der Waals surface area contributed by atoms with Gasteiger partial charge in [-0.15, -0.1) is 0 Å². The van der Waals surface area contributed by atoms with E-state index < -0.39 is 0 Å². The highest BCUT2D eigenvalue weighted by Gasteiger charge is 2.29. The lowest BCUT2D eigenvalue weighted by Crippen LogP contribution is -2.10. The summed E-state index contributed by atoms with van der Waals surface area (Å²) in [5.74, 6) is 0. The van der Waals surface area contributed by atoms with Crippen molar-refractivity contribution in [1.82, 2.24) is 13.7 Å². The lowest BCUT2D eigenvalue weighted by molar-refractivity contribution is 0.590. The predicted octanol–water partition coefficient (Wildman–Crippen LogP) is 16.0. The zero-order valence-corrected chi connectivity index (χ0v) is 39.0. The Morgan fingerprint density at radius 2 is 0.762 bits per heavy atom. The quantitative estimate of drug-likeness (QED) is 0.175. The van der Waals surface area contributed by atoms with Gasteiger partial charge < -0.3 is 13.7 Å². The maximum absolute atomic E-state index is 11.6. The summed E-state index contributed by atoms with van der Waals surface area (Å²) in [6.07, 6.45) is 0. The van der Waals surface area contributed by atoms with E-state index in [9.17, 15) is 5.26 Å². The van der Waals surface area contributed by atoms with Crippen molar-refractivity contribution < 1.29 is 0 Å². The summed E-state index contributed by atoms with van der Waals surface area (Å²) in [5, 5.41) is 18.6. The van der Waals surface area contributed by atoms with Gasteiger partial charge in [0.2, 0.25) is 0 Å². The Bertz CT molecular complexity index is 3390. The van der Waals surface area contributed by atoms with Crippen LogP contribution in [0.2, 0.25) is 0 Å². The number of rotatable bonds is 3. The van der Waals surface area contributed by atoms with Gasteiger partial charge in [-0.2, -0.15) is 5.26 Å². The number of hydrogen-bond donors (Lipinski definition) is 0. The summed E-state index contributed by atoms with van der Waals surface area (Å²) in [6, 6.07) is 52.4. The molecule has 0 unspecified atom stereocenters. The summed E-state index contributed by atoms with van der Waals surface area (Å²) in [6.45, 7) is 27.4. The molecular formula is C59H58N4. The van der Waals surface area contributed by atoms with E-state index in [4.69, 9.17) is 0 Å². The molecule has 0 N–H and O–H groups in total. The second-order valence-electron chi connectivity index (χ2n) is 21.9. The molecule has 0 saturated carbocycles. The molecule has 0 spiro atoms. The minimum Gasteiger partial charge on any atom is -0.307 e. The predicted molar refractivity (Wildman–Crippen MR) is 269 cm³/mol. The maximum Gasteiger partial charge on any atom is 0.101 e. The SMILES string of the molecule is CC(C)(C)c1ccc2c(c1)c1cc(C(C)(C)C)ccc1n2-c1c(C#N)cc(-n2c3ccc(C(C)(C)C)cc3c3cc(C(C)(C)C)ccc32)c2c1c1ccccc1n2-c1ccccc1. The number of fused-ring (bicyclic) bond motifs is 9. The fourth-order valence-electron chi connectivity index (χ4n) is 9.88. The van der Waals surface area contributed by atoms with Crippen LogP contribution in [0.3, 0.4) is 0 Å². The molecule has 3 aromatic heterocycles. The van der Waals surface area contributed by atoms with Crippen LogP contribution in [0.1, 0.15) is 111 Å². The molecule has 63 heavy (non-hydrogen) atoms. The lowest BCUT2D eigenvalue weighted by Gasteiger charge is -2.21. The van der Waals surface area contributed by atoms with Crippen molar-refractivity contribution in [2.45, 2.75) is 105 Å². The van der Waals surface area contributed by atoms with Crippen LogP contribution >= 0.6 is 0 Å². The van der Waals surface area contributed by atoms with E-state index in [1.165, 1.54) is 43.8 Å². The van der Waals surface area contributed by atoms with Crippen molar-refractivity contribution in [2.24, 2.45) is 0 Å². The number of aromatic nitrogens is 3. The minimum absolute atomic E-state index is 0.0313. The molecule has 314 valence electrons. The van der Waals surface area contributed by atoms with Gasteiger partial charge in [0.25, 0.3) is 0 Å². The van der Waals surface area contributed by atoms with E-state index >= 15 is 0 Å². The number of hydrogen-bond acceptors (Lipinski definition) is 1. The largest absolute Gasteiger partial charge is 0.307 e. The Hall–Kier alpha value is -6.57. The summed E-state index contributed by atoms with van der Waals surface area (Å²) >= 11 is 0. The van der Waals surface area contributed by atoms with Crippen LogP contribution in [0.25, 0.3) is 82.5 Å². The first-order chi connectivity index (χ1) is 29.8. The van der Waals surface area contributed by atoms with Crippen molar-refractivity contribution in [2.75, 3.05) is 0 Å². The first-order valence-corrected chi connectivity index (χ1v) is 22.5. The average Bonchev–Trinajstić information content (AvgIpc) is 3.87. The third-order valence-electron chi connectivity index (χ3n) is 13.5. The van der Waals surface area contributed by atoms with E-state index in [2.05, 4.69) is 236 Å². The molecule has 10 aromatic rings. The fourth-order valence-corrected chi connectivity index (χ4v) is 9.88. The molecule has 0 radical (unpaired) electrons. The van der Waals surface area contributed by atoms with Crippen molar-refractivity contribution in [1.29, 1.82) is 5.26 Å². The second kappa shape index (κ2) is 13.7. The Balaban J connectivity index is 1.44. The molecule has 0 bridgehead atoms. The molecule has 7 aromatic carbocycles. The highest BCUT2D eigenvalue weighted by Crippen LogP contribution is 2.47. The third kappa shape index (κ3) is 6.30. The number of benzene rings is 7. The molecule has 0 aliphatic carbocycles. The van der Waals surface area contributed by atoms with E-state index in [1.54, 1.807) is 0 Å². The molecular weight excluding hydrogens is 765 g/mol. The highest BCUT2D eigenvalue weighted by atomic mass is 15.1. The van der Waals surface area contributed by atoms with Crippen LogP contribution in [0, 0.1) is 11.3 Å². The van der Waals surface area contributed by atoms with Gasteiger partial charge in [-0.3, -0.25) is 0 Å². The molecule has 0 saturated heterocycles. The van der Waals surface area contributed by atoms with Gasteiger partial charge in [-0.25, -0.2) is 0 Å². The monoisotopic (exact) mass is 822 g/mol. The normalized spacial score (nSPS) is 13.1. The summed E-state index contributed by atoms with van der Waals surface area (Å²) in [5.41, 5.74) is 15.2. The Morgan fingerprint density at radius 3 is 1.17 bits per heavy atom. The third-order valence-corrected chi connectivity index (χ3v) is 13.5. The smallest absolute Gasteiger partial charge is 0.101 e. The second-order valence-corrected chi connectivity index (χ2v) is 21.9. The van der Waals surface area contributed by atoms with Crippen LogP contribution in [0.4, 0.5) is 0 Å². The van der Waals surface area contributed by atoms with Crippen molar-refractivity contribution in [3.63, 3.8) is 0 Å². The zero-order chi connectivity index (χ0) is 44.5. The first-order valence-electron chi connectivity index (χ1n) is 22.5. The Morgan fingerprint density at radius 1 is 0.381 bits per heavy atom. The Labute approximate surface area is 372 Å². The molecule has 0 fully saturated rings. The number of nitrogens with zero attached hydrogens (tertiary/aromatic N) is 4. The summed E-state index contributed by atoms with van der Waals surface area (Å²) in [7, 11) is 0. The lowest BCUT2D eigenvalue weighted by atomic mass is 9.85. The molecule has 0 atom stereocenters. The average molecular weight is 823 g/mol. The van der Waals surface area contributed by atoms with E-state index in [-0.39, 0.29) is 21.7 Å². The molecule has 0 aliphatic heterocycles. The van der Waals surface area contributed by atoms with Crippen LogP contribution in [-0.4, -0.2) is 13.7 Å². The minimum atomic E-state index is -0.0380. The van der Waals surface area contributed by atoms with Gasteiger partial charge in [-0.1, -0.05) is 144 Å². The van der Waals surface area contributed by atoms with Crippen molar-refractivity contribution >= 4 is 65.4 Å². The van der Waals surface area contributed by atoms with Gasteiger partial charge in [0.15, 0.2) is 0 Å². The molecule has 3 heterocycles. The Kier molecular flexibility index (Phi) is 8.82. The number of nitriles is 1. The van der Waals surface area contributed by atoms with Gasteiger partial charge in [-0.05, 0) is 117 Å². The maximum atomic E-state index is 11.6. The number of para-hydroxylation sites is 2. The molecule has 0 aliphatic rings. The van der Waals surface area contributed by atoms with E-state index in [0.717, 1.165) is 60.9 Å². The highest BCUT2D eigenvalue weighted by molar-refractivity contribution is 6.20. The molecule has 4 heteroatoms. The van der Waals surface area contributed by atoms with Gasteiger partial charge in [0.1, 0.15) is 6.07 Å². The summed E-state index contributed by atoms with van der Waals surface area (Å²) < 4.78 is 7.26. The van der Waals surface area contributed by atoms with Gasteiger partial charge >= 0.3 is 0 Å². The first kappa shape index (κ1) is 40.5. The fraction of sp³-hybridized carbons (Fsp3) is 0.271. The topological polar surface area (TPSA) is 38.6 Å². The molecule has 0 amide bonds. The van der Waals surface area contributed by atoms with Gasteiger partial charge in [0.05, 0.1) is 50.0 Å². The summed E-state index contributed by atoms with van der Waals surface area (Å²) in [4.78, 5) is 0. The van der Waals surface area contributed by atoms with Crippen LogP contribution in [0.5, 0.6) is 0 Å². The van der Waals surface area contributed by atoms with E-state index in [1.807, 2.05) is 0 Å². The zero-order valence-electron chi connectivity index (χ0n) is 39.0.